The average Bonchev–Trinajstić information content (AvgIpc) is 2.87. The summed E-state index contributed by atoms with van der Waals surface area (Å²) in [7, 11) is 0. The summed E-state index contributed by atoms with van der Waals surface area (Å²) in [6.07, 6.45) is 4.91. The highest BCUT2D eigenvalue weighted by Crippen LogP contribution is 2.24. The zero-order valence-corrected chi connectivity index (χ0v) is 15.7. The number of rotatable bonds is 7. The van der Waals surface area contributed by atoms with Crippen LogP contribution in [0.3, 0.4) is 0 Å². The Kier molecular flexibility index (Phi) is 6.39. The molecule has 2 aromatic rings. The summed E-state index contributed by atoms with van der Waals surface area (Å²) in [6.45, 7) is 6.27. The number of ether oxygens (including phenoxy) is 1. The minimum absolute atomic E-state index is 0.0361. The zero-order valence-electron chi connectivity index (χ0n) is 15.7. The van der Waals surface area contributed by atoms with Gasteiger partial charge in [-0.1, -0.05) is 32.4 Å². The van der Waals surface area contributed by atoms with Crippen LogP contribution in [0.25, 0.3) is 11.4 Å². The minimum Gasteiger partial charge on any atom is -0.381 e. The standard InChI is InChI=1S/C20H28N4O2/c1-15(2)14-26-12-10-19(25)21-17-8-6-7-16(13-17)20-23-22-18-9-4-3-5-11-24(18)20/h6-8,13,15H,3-5,9-12,14H2,1-2H3,(H,21,25). The summed E-state index contributed by atoms with van der Waals surface area (Å²) in [6, 6.07) is 7.83. The van der Waals surface area contributed by atoms with Gasteiger partial charge in [0, 0.05) is 30.8 Å². The predicted octanol–water partition coefficient (Wildman–Crippen LogP) is 3.67. The highest BCUT2D eigenvalue weighted by atomic mass is 16.5. The van der Waals surface area contributed by atoms with E-state index in [0.29, 0.717) is 25.6 Å². The number of anilines is 1. The Morgan fingerprint density at radius 2 is 2.15 bits per heavy atom. The molecular weight excluding hydrogens is 328 g/mol. The van der Waals surface area contributed by atoms with Crippen molar-refractivity contribution in [3.63, 3.8) is 0 Å². The van der Waals surface area contributed by atoms with Gasteiger partial charge in [0.1, 0.15) is 5.82 Å². The van der Waals surface area contributed by atoms with Crippen molar-refractivity contribution in [3.8, 4) is 11.4 Å². The number of hydrogen-bond donors (Lipinski definition) is 1. The number of carbonyl (C=O) groups is 1. The zero-order chi connectivity index (χ0) is 18.4. The SMILES string of the molecule is CC(C)COCCC(=O)Nc1cccc(-c2nnc3n2CCCCC3)c1. The molecule has 1 aliphatic heterocycles. The van der Waals surface area contributed by atoms with Crippen LogP contribution in [-0.2, 0) is 22.5 Å². The molecule has 0 atom stereocenters. The number of aromatic nitrogens is 3. The lowest BCUT2D eigenvalue weighted by Gasteiger charge is -2.10. The van der Waals surface area contributed by atoms with Crippen LogP contribution in [-0.4, -0.2) is 33.9 Å². The van der Waals surface area contributed by atoms with Crippen LogP contribution < -0.4 is 5.32 Å². The molecule has 1 aliphatic rings. The monoisotopic (exact) mass is 356 g/mol. The van der Waals surface area contributed by atoms with E-state index in [-0.39, 0.29) is 5.91 Å². The number of hydrogen-bond acceptors (Lipinski definition) is 4. The third kappa shape index (κ3) is 4.91. The maximum atomic E-state index is 12.1. The van der Waals surface area contributed by atoms with Gasteiger partial charge in [0.15, 0.2) is 5.82 Å². The first-order valence-electron chi connectivity index (χ1n) is 9.53. The van der Waals surface area contributed by atoms with Gasteiger partial charge in [-0.15, -0.1) is 10.2 Å². The molecule has 0 bridgehead atoms. The fraction of sp³-hybridized carbons (Fsp3) is 0.550. The predicted molar refractivity (Wildman–Crippen MR) is 102 cm³/mol. The van der Waals surface area contributed by atoms with Crippen molar-refractivity contribution in [1.82, 2.24) is 14.8 Å². The van der Waals surface area contributed by atoms with Crippen molar-refractivity contribution < 1.29 is 9.53 Å². The summed E-state index contributed by atoms with van der Waals surface area (Å²) in [4.78, 5) is 12.1. The largest absolute Gasteiger partial charge is 0.381 e. The van der Waals surface area contributed by atoms with Crippen LogP contribution in [0.2, 0.25) is 0 Å². The van der Waals surface area contributed by atoms with E-state index in [1.54, 1.807) is 0 Å². The second-order valence-electron chi connectivity index (χ2n) is 7.25. The molecule has 3 rings (SSSR count). The average molecular weight is 356 g/mol. The third-order valence-corrected chi connectivity index (χ3v) is 4.44. The van der Waals surface area contributed by atoms with E-state index in [4.69, 9.17) is 4.74 Å². The van der Waals surface area contributed by atoms with Crippen molar-refractivity contribution in [3.05, 3.63) is 30.1 Å². The van der Waals surface area contributed by atoms with E-state index in [1.165, 1.54) is 12.8 Å². The van der Waals surface area contributed by atoms with Crippen LogP contribution in [0.4, 0.5) is 5.69 Å². The van der Waals surface area contributed by atoms with Crippen molar-refractivity contribution in [2.75, 3.05) is 18.5 Å². The summed E-state index contributed by atoms with van der Waals surface area (Å²) in [5, 5.41) is 11.7. The maximum Gasteiger partial charge on any atom is 0.226 e. The van der Waals surface area contributed by atoms with Crippen LogP contribution >= 0.6 is 0 Å². The first kappa shape index (κ1) is 18.6. The van der Waals surface area contributed by atoms with Crippen LogP contribution in [0.5, 0.6) is 0 Å². The lowest BCUT2D eigenvalue weighted by molar-refractivity contribution is -0.117. The molecule has 1 N–H and O–H groups in total. The second kappa shape index (κ2) is 8.94. The Labute approximate surface area is 155 Å². The van der Waals surface area contributed by atoms with Gasteiger partial charge in [0.25, 0.3) is 0 Å². The highest BCUT2D eigenvalue weighted by Gasteiger charge is 2.16. The highest BCUT2D eigenvalue weighted by molar-refractivity contribution is 5.91. The first-order chi connectivity index (χ1) is 12.6. The van der Waals surface area contributed by atoms with E-state index in [0.717, 1.165) is 42.3 Å². The van der Waals surface area contributed by atoms with E-state index in [9.17, 15) is 4.79 Å². The Balaban J connectivity index is 1.64. The molecule has 0 radical (unpaired) electrons. The number of amides is 1. The molecule has 0 fully saturated rings. The molecule has 0 unspecified atom stereocenters. The summed E-state index contributed by atoms with van der Waals surface area (Å²) >= 11 is 0. The molecule has 0 saturated carbocycles. The molecular formula is C20H28N4O2. The maximum absolute atomic E-state index is 12.1. The smallest absolute Gasteiger partial charge is 0.226 e. The summed E-state index contributed by atoms with van der Waals surface area (Å²) in [5.74, 6) is 2.39. The quantitative estimate of drug-likeness (QED) is 0.769. The normalized spacial score (nSPS) is 14.1. The van der Waals surface area contributed by atoms with Gasteiger partial charge in [-0.25, -0.2) is 0 Å². The number of fused-ring (bicyclic) bond motifs is 1. The molecule has 1 amide bonds. The van der Waals surface area contributed by atoms with Gasteiger partial charge in [0.05, 0.1) is 13.0 Å². The van der Waals surface area contributed by atoms with Gasteiger partial charge in [-0.05, 0) is 30.9 Å². The number of benzene rings is 1. The molecule has 6 heteroatoms. The topological polar surface area (TPSA) is 69.0 Å². The summed E-state index contributed by atoms with van der Waals surface area (Å²) < 4.78 is 7.69. The minimum atomic E-state index is -0.0361. The molecule has 0 aliphatic carbocycles. The molecule has 2 heterocycles. The van der Waals surface area contributed by atoms with Gasteiger partial charge in [0.2, 0.25) is 5.91 Å². The van der Waals surface area contributed by atoms with Crippen molar-refractivity contribution in [2.45, 2.75) is 52.5 Å². The Morgan fingerprint density at radius 3 is 3.00 bits per heavy atom. The van der Waals surface area contributed by atoms with E-state index in [1.807, 2.05) is 24.3 Å². The van der Waals surface area contributed by atoms with Gasteiger partial charge >= 0.3 is 0 Å². The van der Waals surface area contributed by atoms with Gasteiger partial charge in [-0.2, -0.15) is 0 Å². The first-order valence-corrected chi connectivity index (χ1v) is 9.53. The molecule has 1 aromatic heterocycles. The van der Waals surface area contributed by atoms with E-state index >= 15 is 0 Å². The molecule has 26 heavy (non-hydrogen) atoms. The summed E-state index contributed by atoms with van der Waals surface area (Å²) in [5.41, 5.74) is 1.77. The van der Waals surface area contributed by atoms with Crippen LogP contribution in [0.1, 0.15) is 45.4 Å². The molecule has 1 aromatic carbocycles. The molecule has 6 nitrogen and oxygen atoms in total. The number of nitrogens with one attached hydrogen (secondary N) is 1. The lowest BCUT2D eigenvalue weighted by Crippen LogP contribution is -2.15. The van der Waals surface area contributed by atoms with Crippen molar-refractivity contribution >= 4 is 11.6 Å². The fourth-order valence-electron chi connectivity index (χ4n) is 3.14. The molecule has 0 saturated heterocycles. The van der Waals surface area contributed by atoms with Crippen molar-refractivity contribution in [1.29, 1.82) is 0 Å². The van der Waals surface area contributed by atoms with Crippen LogP contribution in [0.15, 0.2) is 24.3 Å². The lowest BCUT2D eigenvalue weighted by atomic mass is 10.2. The van der Waals surface area contributed by atoms with Crippen LogP contribution in [0, 0.1) is 5.92 Å². The number of nitrogens with zero attached hydrogens (tertiary/aromatic N) is 3. The fourth-order valence-corrected chi connectivity index (χ4v) is 3.14. The third-order valence-electron chi connectivity index (χ3n) is 4.44. The van der Waals surface area contributed by atoms with E-state index in [2.05, 4.69) is 33.9 Å². The Morgan fingerprint density at radius 1 is 1.27 bits per heavy atom. The Bertz CT molecular complexity index is 739. The van der Waals surface area contributed by atoms with Crippen molar-refractivity contribution in [2.24, 2.45) is 5.92 Å². The molecule has 0 spiro atoms. The second-order valence-corrected chi connectivity index (χ2v) is 7.25. The number of aryl methyl sites for hydroxylation is 1. The van der Waals surface area contributed by atoms with Gasteiger partial charge in [-0.3, -0.25) is 4.79 Å². The Hall–Kier alpha value is -2.21. The van der Waals surface area contributed by atoms with E-state index < -0.39 is 0 Å². The molecule has 140 valence electrons. The number of carbonyl (C=O) groups excluding carboxylic acids is 1. The van der Waals surface area contributed by atoms with Gasteiger partial charge < -0.3 is 14.6 Å².